The largest absolute Gasteiger partial charge is 0.490 e. The number of halogens is 1. The SMILES string of the molecule is CCOc1ccccc1Oc1ccccc1C(=O)N1CCCC(C(C)N)C1.Cl. The van der Waals surface area contributed by atoms with Crippen molar-refractivity contribution in [2.24, 2.45) is 11.7 Å². The number of nitrogens with zero attached hydrogens (tertiary/aromatic N) is 1. The number of hydrogen-bond donors (Lipinski definition) is 1. The number of para-hydroxylation sites is 3. The van der Waals surface area contributed by atoms with Crippen LogP contribution >= 0.6 is 12.4 Å². The summed E-state index contributed by atoms with van der Waals surface area (Å²) >= 11 is 0. The molecule has 2 aromatic rings. The number of piperidine rings is 1. The number of rotatable bonds is 6. The van der Waals surface area contributed by atoms with Crippen molar-refractivity contribution >= 4 is 18.3 Å². The van der Waals surface area contributed by atoms with E-state index in [-0.39, 0.29) is 24.4 Å². The molecule has 1 heterocycles. The molecule has 2 aromatic carbocycles. The highest BCUT2D eigenvalue weighted by molar-refractivity contribution is 5.97. The number of carbonyl (C=O) groups excluding carboxylic acids is 1. The van der Waals surface area contributed by atoms with Crippen LogP contribution in [0.15, 0.2) is 48.5 Å². The fourth-order valence-electron chi connectivity index (χ4n) is 3.45. The van der Waals surface area contributed by atoms with Gasteiger partial charge in [0, 0.05) is 19.1 Å². The van der Waals surface area contributed by atoms with E-state index in [1.165, 1.54) is 0 Å². The maximum Gasteiger partial charge on any atom is 0.257 e. The summed E-state index contributed by atoms with van der Waals surface area (Å²) in [5.41, 5.74) is 6.63. The number of amides is 1. The van der Waals surface area contributed by atoms with Crippen LogP contribution in [0.3, 0.4) is 0 Å². The molecular weight excluding hydrogens is 376 g/mol. The molecule has 2 atom stereocenters. The average Bonchev–Trinajstić information content (AvgIpc) is 2.69. The summed E-state index contributed by atoms with van der Waals surface area (Å²) in [5.74, 6) is 2.14. The summed E-state index contributed by atoms with van der Waals surface area (Å²) in [6, 6.07) is 15.0. The van der Waals surface area contributed by atoms with Crippen molar-refractivity contribution in [3.63, 3.8) is 0 Å². The van der Waals surface area contributed by atoms with E-state index >= 15 is 0 Å². The summed E-state index contributed by atoms with van der Waals surface area (Å²) in [6.45, 7) is 5.94. The van der Waals surface area contributed by atoms with Gasteiger partial charge in [0.1, 0.15) is 5.75 Å². The van der Waals surface area contributed by atoms with Crippen LogP contribution in [-0.2, 0) is 0 Å². The molecule has 28 heavy (non-hydrogen) atoms. The smallest absolute Gasteiger partial charge is 0.257 e. The highest BCUT2D eigenvalue weighted by Gasteiger charge is 2.28. The van der Waals surface area contributed by atoms with Crippen LogP contribution < -0.4 is 15.2 Å². The van der Waals surface area contributed by atoms with Gasteiger partial charge in [-0.05, 0) is 56.9 Å². The molecule has 2 N–H and O–H groups in total. The zero-order chi connectivity index (χ0) is 19.2. The van der Waals surface area contributed by atoms with E-state index in [9.17, 15) is 4.79 Å². The predicted octanol–water partition coefficient (Wildman–Crippen LogP) is 4.50. The minimum absolute atomic E-state index is 0. The van der Waals surface area contributed by atoms with Crippen LogP contribution in [-0.4, -0.2) is 36.5 Å². The van der Waals surface area contributed by atoms with Gasteiger partial charge in [0.25, 0.3) is 5.91 Å². The monoisotopic (exact) mass is 404 g/mol. The average molecular weight is 405 g/mol. The number of nitrogens with two attached hydrogens (primary N) is 1. The molecule has 0 radical (unpaired) electrons. The summed E-state index contributed by atoms with van der Waals surface area (Å²) < 4.78 is 11.7. The van der Waals surface area contributed by atoms with E-state index in [1.54, 1.807) is 0 Å². The maximum atomic E-state index is 13.2. The van der Waals surface area contributed by atoms with E-state index < -0.39 is 0 Å². The van der Waals surface area contributed by atoms with Gasteiger partial charge in [-0.25, -0.2) is 0 Å². The van der Waals surface area contributed by atoms with Gasteiger partial charge in [-0.2, -0.15) is 0 Å². The van der Waals surface area contributed by atoms with Crippen LogP contribution in [0.4, 0.5) is 0 Å². The first-order valence-corrected chi connectivity index (χ1v) is 9.63. The van der Waals surface area contributed by atoms with Crippen LogP contribution in [0.2, 0.25) is 0 Å². The molecule has 1 fully saturated rings. The van der Waals surface area contributed by atoms with Crippen molar-refractivity contribution in [1.29, 1.82) is 0 Å². The van der Waals surface area contributed by atoms with Crippen molar-refractivity contribution in [2.75, 3.05) is 19.7 Å². The number of likely N-dealkylation sites (tertiary alicyclic amines) is 1. The third-order valence-electron chi connectivity index (χ3n) is 4.98. The molecule has 0 spiro atoms. The molecule has 0 saturated carbocycles. The highest BCUT2D eigenvalue weighted by atomic mass is 35.5. The number of benzene rings is 2. The van der Waals surface area contributed by atoms with Crippen LogP contribution in [0.25, 0.3) is 0 Å². The Balaban J connectivity index is 0.00000280. The Bertz CT molecular complexity index is 782. The van der Waals surface area contributed by atoms with E-state index in [0.29, 0.717) is 41.9 Å². The molecule has 5 nitrogen and oxygen atoms in total. The van der Waals surface area contributed by atoms with Gasteiger partial charge in [-0.3, -0.25) is 4.79 Å². The highest BCUT2D eigenvalue weighted by Crippen LogP contribution is 2.34. The molecule has 1 aliphatic rings. The molecule has 2 unspecified atom stereocenters. The van der Waals surface area contributed by atoms with E-state index in [1.807, 2.05) is 67.3 Å². The summed E-state index contributed by atoms with van der Waals surface area (Å²) in [6.07, 6.45) is 2.05. The normalized spacial score (nSPS) is 17.4. The summed E-state index contributed by atoms with van der Waals surface area (Å²) in [7, 11) is 0. The Morgan fingerprint density at radius 3 is 2.46 bits per heavy atom. The second-order valence-electron chi connectivity index (χ2n) is 6.99. The Kier molecular flexibility index (Phi) is 8.15. The Labute approximate surface area is 173 Å². The lowest BCUT2D eigenvalue weighted by Gasteiger charge is -2.35. The fraction of sp³-hybridized carbons (Fsp3) is 0.409. The predicted molar refractivity (Wildman–Crippen MR) is 114 cm³/mol. The molecule has 1 aliphatic heterocycles. The molecule has 1 saturated heterocycles. The molecule has 0 bridgehead atoms. The maximum absolute atomic E-state index is 13.2. The van der Waals surface area contributed by atoms with Gasteiger partial charge in [-0.1, -0.05) is 24.3 Å². The molecule has 0 aliphatic carbocycles. The molecular formula is C22H29ClN2O3. The first-order chi connectivity index (χ1) is 13.1. The second-order valence-corrected chi connectivity index (χ2v) is 6.99. The number of hydrogen-bond acceptors (Lipinski definition) is 4. The van der Waals surface area contributed by atoms with Crippen molar-refractivity contribution < 1.29 is 14.3 Å². The lowest BCUT2D eigenvalue weighted by molar-refractivity contribution is 0.0658. The van der Waals surface area contributed by atoms with Crippen molar-refractivity contribution in [3.8, 4) is 17.2 Å². The standard InChI is InChI=1S/C22H28N2O3.ClH/c1-3-26-20-12-6-7-13-21(20)27-19-11-5-4-10-18(19)22(25)24-14-8-9-17(15-24)16(2)23;/h4-7,10-13,16-17H,3,8-9,14-15,23H2,1-2H3;1H. The lowest BCUT2D eigenvalue weighted by Crippen LogP contribution is -2.45. The summed E-state index contributed by atoms with van der Waals surface area (Å²) in [4.78, 5) is 15.1. The zero-order valence-electron chi connectivity index (χ0n) is 16.5. The third-order valence-corrected chi connectivity index (χ3v) is 4.98. The van der Waals surface area contributed by atoms with Crippen LogP contribution in [0.5, 0.6) is 17.2 Å². The van der Waals surface area contributed by atoms with Gasteiger partial charge >= 0.3 is 0 Å². The zero-order valence-corrected chi connectivity index (χ0v) is 17.3. The molecule has 3 rings (SSSR count). The van der Waals surface area contributed by atoms with Crippen LogP contribution in [0.1, 0.15) is 37.0 Å². The topological polar surface area (TPSA) is 64.8 Å². The van der Waals surface area contributed by atoms with Crippen molar-refractivity contribution in [2.45, 2.75) is 32.7 Å². The van der Waals surface area contributed by atoms with Gasteiger partial charge in [0.2, 0.25) is 0 Å². The Morgan fingerprint density at radius 1 is 1.14 bits per heavy atom. The number of ether oxygens (including phenoxy) is 2. The minimum atomic E-state index is -0.00941. The van der Waals surface area contributed by atoms with E-state index in [2.05, 4.69) is 0 Å². The molecule has 0 aromatic heterocycles. The molecule has 1 amide bonds. The first kappa shape index (κ1) is 22.1. The number of carbonyl (C=O) groups is 1. The minimum Gasteiger partial charge on any atom is -0.490 e. The van der Waals surface area contributed by atoms with Gasteiger partial charge in [0.05, 0.1) is 12.2 Å². The molecule has 6 heteroatoms. The van der Waals surface area contributed by atoms with Gasteiger partial charge in [-0.15, -0.1) is 12.4 Å². The third kappa shape index (κ3) is 5.18. The Morgan fingerprint density at radius 2 is 1.79 bits per heavy atom. The van der Waals surface area contributed by atoms with E-state index in [0.717, 1.165) is 19.4 Å². The quantitative estimate of drug-likeness (QED) is 0.769. The van der Waals surface area contributed by atoms with Crippen molar-refractivity contribution in [3.05, 3.63) is 54.1 Å². The Hall–Kier alpha value is -2.24. The summed E-state index contributed by atoms with van der Waals surface area (Å²) in [5, 5.41) is 0. The van der Waals surface area contributed by atoms with Crippen molar-refractivity contribution in [1.82, 2.24) is 4.90 Å². The lowest BCUT2D eigenvalue weighted by atomic mass is 9.92. The molecule has 152 valence electrons. The van der Waals surface area contributed by atoms with Gasteiger partial charge < -0.3 is 20.1 Å². The van der Waals surface area contributed by atoms with Crippen LogP contribution in [0, 0.1) is 5.92 Å². The second kappa shape index (κ2) is 10.3. The first-order valence-electron chi connectivity index (χ1n) is 9.63. The van der Waals surface area contributed by atoms with Gasteiger partial charge in [0.15, 0.2) is 11.5 Å². The van der Waals surface area contributed by atoms with E-state index in [4.69, 9.17) is 15.2 Å². The fourth-order valence-corrected chi connectivity index (χ4v) is 3.45.